The Kier molecular flexibility index (Phi) is 4.92. The molecule has 0 radical (unpaired) electrons. The van der Waals surface area contributed by atoms with Crippen LogP contribution in [0.3, 0.4) is 0 Å². The van der Waals surface area contributed by atoms with Gasteiger partial charge in [-0.2, -0.15) is 0 Å². The lowest BCUT2D eigenvalue weighted by atomic mass is 9.85. The first kappa shape index (κ1) is 15.9. The normalized spacial score (nSPS) is 27.3. The molecule has 1 aliphatic rings. The van der Waals surface area contributed by atoms with Crippen molar-refractivity contribution in [2.24, 2.45) is 5.41 Å². The Balaban J connectivity index is 2.41. The number of hydrogen-bond acceptors (Lipinski definition) is 4. The Bertz CT molecular complexity index is 355. The van der Waals surface area contributed by atoms with Crippen molar-refractivity contribution < 1.29 is 24.5 Å². The molecule has 6 nitrogen and oxygen atoms in total. The lowest BCUT2D eigenvalue weighted by Gasteiger charge is -2.27. The molecule has 1 aliphatic heterocycles. The van der Waals surface area contributed by atoms with Gasteiger partial charge in [0.25, 0.3) is 0 Å². The molecule has 0 aromatic rings. The zero-order valence-electron chi connectivity index (χ0n) is 11.7. The van der Waals surface area contributed by atoms with Crippen LogP contribution >= 0.6 is 0 Å². The molecule has 6 heteroatoms. The predicted molar refractivity (Wildman–Crippen MR) is 68.6 cm³/mol. The number of carboxylic acid groups (broad SMARTS) is 1. The van der Waals surface area contributed by atoms with Gasteiger partial charge in [-0.25, -0.2) is 0 Å². The molecular formula is C13H23NO5. The second-order valence-electron chi connectivity index (χ2n) is 6.05. The van der Waals surface area contributed by atoms with Gasteiger partial charge < -0.3 is 20.3 Å². The standard InChI is InChI=1S/C13H23NO5/c1-9-13(18,4-5-19-9)8-14-10(15)6-12(2,3)7-11(16)17/h9,18H,4-8H2,1-3H3,(H,14,15)(H,16,17). The number of ether oxygens (including phenoxy) is 1. The van der Waals surface area contributed by atoms with E-state index in [1.54, 1.807) is 20.8 Å². The highest BCUT2D eigenvalue weighted by molar-refractivity contribution is 5.78. The molecule has 0 saturated carbocycles. The average molecular weight is 273 g/mol. The van der Waals surface area contributed by atoms with Crippen LogP contribution in [0.25, 0.3) is 0 Å². The van der Waals surface area contributed by atoms with Crippen LogP contribution in [0.2, 0.25) is 0 Å². The fraction of sp³-hybridized carbons (Fsp3) is 0.846. The molecule has 1 saturated heterocycles. The number of carbonyl (C=O) groups excluding carboxylic acids is 1. The Morgan fingerprint density at radius 2 is 2.05 bits per heavy atom. The minimum Gasteiger partial charge on any atom is -0.481 e. The van der Waals surface area contributed by atoms with Crippen LogP contribution in [0.1, 0.15) is 40.0 Å². The third kappa shape index (κ3) is 4.80. The lowest BCUT2D eigenvalue weighted by molar-refractivity contribution is -0.139. The summed E-state index contributed by atoms with van der Waals surface area (Å²) in [6.07, 6.45) is 0.238. The Hall–Kier alpha value is -1.14. The van der Waals surface area contributed by atoms with E-state index in [1.807, 2.05) is 0 Å². The largest absolute Gasteiger partial charge is 0.481 e. The summed E-state index contributed by atoms with van der Waals surface area (Å²) in [4.78, 5) is 22.5. The minimum absolute atomic E-state index is 0.0653. The molecule has 1 heterocycles. The molecule has 0 aromatic heterocycles. The number of aliphatic hydroxyl groups is 1. The van der Waals surface area contributed by atoms with Gasteiger partial charge in [-0.3, -0.25) is 9.59 Å². The van der Waals surface area contributed by atoms with Gasteiger partial charge in [0.1, 0.15) is 5.60 Å². The van der Waals surface area contributed by atoms with Crippen molar-refractivity contribution in [1.29, 1.82) is 0 Å². The highest BCUT2D eigenvalue weighted by Gasteiger charge is 2.39. The SMILES string of the molecule is CC1OCCC1(O)CNC(=O)CC(C)(C)CC(=O)O. The number of carbonyl (C=O) groups is 2. The zero-order valence-corrected chi connectivity index (χ0v) is 11.7. The van der Waals surface area contributed by atoms with Gasteiger partial charge in [0.05, 0.1) is 12.5 Å². The number of nitrogens with one attached hydrogen (secondary N) is 1. The van der Waals surface area contributed by atoms with Crippen LogP contribution in [0.15, 0.2) is 0 Å². The molecular weight excluding hydrogens is 250 g/mol. The number of hydrogen-bond donors (Lipinski definition) is 3. The molecule has 2 unspecified atom stereocenters. The van der Waals surface area contributed by atoms with Gasteiger partial charge in [-0.15, -0.1) is 0 Å². The van der Waals surface area contributed by atoms with Gasteiger partial charge in [0.15, 0.2) is 0 Å². The van der Waals surface area contributed by atoms with E-state index in [0.29, 0.717) is 13.0 Å². The van der Waals surface area contributed by atoms with Crippen LogP contribution in [-0.2, 0) is 14.3 Å². The van der Waals surface area contributed by atoms with Crippen LogP contribution in [0, 0.1) is 5.41 Å². The smallest absolute Gasteiger partial charge is 0.303 e. The van der Waals surface area contributed by atoms with Crippen molar-refractivity contribution >= 4 is 11.9 Å². The Labute approximate surface area is 113 Å². The Morgan fingerprint density at radius 1 is 1.42 bits per heavy atom. The average Bonchev–Trinajstić information content (AvgIpc) is 2.54. The molecule has 0 bridgehead atoms. The van der Waals surface area contributed by atoms with Gasteiger partial charge >= 0.3 is 5.97 Å². The van der Waals surface area contributed by atoms with E-state index in [0.717, 1.165) is 0 Å². The maximum Gasteiger partial charge on any atom is 0.303 e. The first-order chi connectivity index (χ1) is 8.65. The number of rotatable bonds is 6. The van der Waals surface area contributed by atoms with Crippen molar-refractivity contribution in [2.45, 2.75) is 51.7 Å². The van der Waals surface area contributed by atoms with Gasteiger partial charge in [-0.05, 0) is 12.3 Å². The lowest BCUT2D eigenvalue weighted by Crippen LogP contribution is -2.48. The highest BCUT2D eigenvalue weighted by Crippen LogP contribution is 2.26. The van der Waals surface area contributed by atoms with Crippen LogP contribution in [0.5, 0.6) is 0 Å². The van der Waals surface area contributed by atoms with E-state index >= 15 is 0 Å². The van der Waals surface area contributed by atoms with E-state index in [9.17, 15) is 14.7 Å². The molecule has 0 aliphatic carbocycles. The van der Waals surface area contributed by atoms with Crippen LogP contribution in [0.4, 0.5) is 0 Å². The van der Waals surface area contributed by atoms with Gasteiger partial charge in [-0.1, -0.05) is 13.8 Å². The molecule has 3 N–H and O–H groups in total. The summed E-state index contributed by atoms with van der Waals surface area (Å²) in [5.41, 5.74) is -1.62. The fourth-order valence-corrected chi connectivity index (χ4v) is 2.22. The number of amides is 1. The maximum atomic E-state index is 11.8. The summed E-state index contributed by atoms with van der Waals surface area (Å²) < 4.78 is 5.28. The minimum atomic E-state index is -1.02. The molecule has 2 atom stereocenters. The molecule has 0 spiro atoms. The summed E-state index contributed by atoms with van der Waals surface area (Å²) in [5, 5.41) is 21.6. The molecule has 19 heavy (non-hydrogen) atoms. The first-order valence-electron chi connectivity index (χ1n) is 6.47. The number of aliphatic carboxylic acids is 1. The van der Waals surface area contributed by atoms with Crippen molar-refractivity contribution in [3.8, 4) is 0 Å². The summed E-state index contributed by atoms with van der Waals surface area (Å²) in [6, 6.07) is 0. The topological polar surface area (TPSA) is 95.9 Å². The molecule has 1 fully saturated rings. The quantitative estimate of drug-likeness (QED) is 0.656. The Morgan fingerprint density at radius 3 is 2.53 bits per heavy atom. The van der Waals surface area contributed by atoms with Gasteiger partial charge in [0, 0.05) is 26.0 Å². The molecule has 110 valence electrons. The predicted octanol–water partition coefficient (Wildman–Crippen LogP) is 0.533. The van der Waals surface area contributed by atoms with E-state index in [4.69, 9.17) is 9.84 Å². The van der Waals surface area contributed by atoms with Crippen molar-refractivity contribution in [3.05, 3.63) is 0 Å². The molecule has 1 amide bonds. The second-order valence-corrected chi connectivity index (χ2v) is 6.05. The van der Waals surface area contributed by atoms with Crippen LogP contribution < -0.4 is 5.32 Å². The summed E-state index contributed by atoms with van der Waals surface area (Å²) in [6.45, 7) is 5.86. The highest BCUT2D eigenvalue weighted by atomic mass is 16.5. The molecule has 1 rings (SSSR count). The van der Waals surface area contributed by atoms with E-state index in [1.165, 1.54) is 0 Å². The zero-order chi connectivity index (χ0) is 14.7. The van der Waals surface area contributed by atoms with E-state index in [2.05, 4.69) is 5.32 Å². The van der Waals surface area contributed by atoms with Crippen molar-refractivity contribution in [1.82, 2.24) is 5.32 Å². The number of carboxylic acids is 1. The van der Waals surface area contributed by atoms with Gasteiger partial charge in [0.2, 0.25) is 5.91 Å². The van der Waals surface area contributed by atoms with Crippen molar-refractivity contribution in [2.75, 3.05) is 13.2 Å². The van der Waals surface area contributed by atoms with E-state index in [-0.39, 0.29) is 31.4 Å². The molecule has 0 aromatic carbocycles. The summed E-state index contributed by atoms with van der Waals surface area (Å²) >= 11 is 0. The summed E-state index contributed by atoms with van der Waals surface area (Å²) in [5.74, 6) is -1.17. The van der Waals surface area contributed by atoms with Crippen LogP contribution in [-0.4, -0.2) is 46.9 Å². The summed E-state index contributed by atoms with van der Waals surface area (Å²) in [7, 11) is 0. The van der Waals surface area contributed by atoms with Crippen molar-refractivity contribution in [3.63, 3.8) is 0 Å². The third-order valence-corrected chi connectivity index (χ3v) is 3.52. The van der Waals surface area contributed by atoms with E-state index < -0.39 is 17.0 Å². The third-order valence-electron chi connectivity index (χ3n) is 3.52. The maximum absolute atomic E-state index is 11.8. The second kappa shape index (κ2) is 5.88. The fourth-order valence-electron chi connectivity index (χ4n) is 2.22. The first-order valence-corrected chi connectivity index (χ1v) is 6.47. The monoisotopic (exact) mass is 273 g/mol.